The molecular formula is C15H24N4O3. The SMILES string of the molecule is COc1cccc(C(CNC(=O)C(N)CC(N)=O)N(C)C)c1. The lowest BCUT2D eigenvalue weighted by Crippen LogP contribution is -2.45. The van der Waals surface area contributed by atoms with Gasteiger partial charge in [0.15, 0.2) is 0 Å². The Kier molecular flexibility index (Phi) is 6.81. The van der Waals surface area contributed by atoms with Crippen molar-refractivity contribution in [1.29, 1.82) is 0 Å². The van der Waals surface area contributed by atoms with E-state index in [1.54, 1.807) is 7.11 Å². The van der Waals surface area contributed by atoms with Gasteiger partial charge in [0, 0.05) is 6.54 Å². The number of carbonyl (C=O) groups is 2. The largest absolute Gasteiger partial charge is 0.497 e. The van der Waals surface area contributed by atoms with E-state index in [1.165, 1.54) is 0 Å². The number of hydrogen-bond donors (Lipinski definition) is 3. The minimum atomic E-state index is -0.925. The van der Waals surface area contributed by atoms with Crippen LogP contribution in [-0.4, -0.2) is 50.5 Å². The Morgan fingerprint density at radius 2 is 2.05 bits per heavy atom. The summed E-state index contributed by atoms with van der Waals surface area (Å²) in [6.07, 6.45) is -0.169. The fourth-order valence-corrected chi connectivity index (χ4v) is 2.09. The molecule has 2 unspecified atom stereocenters. The van der Waals surface area contributed by atoms with Gasteiger partial charge in [-0.1, -0.05) is 12.1 Å². The van der Waals surface area contributed by atoms with Crippen molar-refractivity contribution in [2.45, 2.75) is 18.5 Å². The van der Waals surface area contributed by atoms with E-state index in [4.69, 9.17) is 16.2 Å². The van der Waals surface area contributed by atoms with Crippen molar-refractivity contribution in [2.75, 3.05) is 27.7 Å². The van der Waals surface area contributed by atoms with Crippen LogP contribution in [0.15, 0.2) is 24.3 Å². The van der Waals surface area contributed by atoms with Gasteiger partial charge in [0.1, 0.15) is 5.75 Å². The van der Waals surface area contributed by atoms with Crippen LogP contribution >= 0.6 is 0 Å². The van der Waals surface area contributed by atoms with Crippen molar-refractivity contribution >= 4 is 11.8 Å². The third-order valence-electron chi connectivity index (χ3n) is 3.33. The van der Waals surface area contributed by atoms with Crippen molar-refractivity contribution in [3.63, 3.8) is 0 Å². The molecule has 0 aliphatic carbocycles. The molecule has 7 nitrogen and oxygen atoms in total. The van der Waals surface area contributed by atoms with E-state index in [0.29, 0.717) is 6.54 Å². The van der Waals surface area contributed by atoms with E-state index in [9.17, 15) is 9.59 Å². The van der Waals surface area contributed by atoms with Crippen LogP contribution in [0.1, 0.15) is 18.0 Å². The maximum Gasteiger partial charge on any atom is 0.237 e. The molecule has 0 spiro atoms. The maximum atomic E-state index is 11.9. The number of rotatable bonds is 8. The number of ether oxygens (including phenoxy) is 1. The molecule has 0 aliphatic rings. The van der Waals surface area contributed by atoms with Crippen LogP contribution in [0.3, 0.4) is 0 Å². The normalized spacial score (nSPS) is 13.5. The van der Waals surface area contributed by atoms with Crippen LogP contribution in [0.25, 0.3) is 0 Å². The van der Waals surface area contributed by atoms with Gasteiger partial charge in [0.05, 0.1) is 25.6 Å². The Morgan fingerprint density at radius 1 is 1.36 bits per heavy atom. The first-order valence-electron chi connectivity index (χ1n) is 6.97. The van der Waals surface area contributed by atoms with Gasteiger partial charge in [-0.3, -0.25) is 9.59 Å². The van der Waals surface area contributed by atoms with Gasteiger partial charge in [0.25, 0.3) is 0 Å². The number of methoxy groups -OCH3 is 1. The summed E-state index contributed by atoms with van der Waals surface area (Å²) in [5.74, 6) is -0.241. The molecule has 22 heavy (non-hydrogen) atoms. The number of nitrogens with two attached hydrogens (primary N) is 2. The van der Waals surface area contributed by atoms with Gasteiger partial charge in [-0.05, 0) is 31.8 Å². The van der Waals surface area contributed by atoms with Crippen molar-refractivity contribution in [1.82, 2.24) is 10.2 Å². The molecule has 0 bridgehead atoms. The van der Waals surface area contributed by atoms with Gasteiger partial charge in [-0.25, -0.2) is 0 Å². The zero-order valence-electron chi connectivity index (χ0n) is 13.2. The van der Waals surface area contributed by atoms with E-state index < -0.39 is 17.9 Å². The Hall–Kier alpha value is -2.12. The van der Waals surface area contributed by atoms with Crippen LogP contribution < -0.4 is 21.5 Å². The van der Waals surface area contributed by atoms with Crippen LogP contribution in [0.2, 0.25) is 0 Å². The zero-order chi connectivity index (χ0) is 16.7. The molecule has 2 atom stereocenters. The van der Waals surface area contributed by atoms with Crippen molar-refractivity contribution < 1.29 is 14.3 Å². The molecule has 0 fully saturated rings. The number of amides is 2. The van der Waals surface area contributed by atoms with E-state index in [0.717, 1.165) is 11.3 Å². The third-order valence-corrected chi connectivity index (χ3v) is 3.33. The molecule has 0 aliphatic heterocycles. The van der Waals surface area contributed by atoms with Gasteiger partial charge in [-0.2, -0.15) is 0 Å². The van der Waals surface area contributed by atoms with Gasteiger partial charge in [-0.15, -0.1) is 0 Å². The number of hydrogen-bond acceptors (Lipinski definition) is 5. The van der Waals surface area contributed by atoms with Gasteiger partial charge >= 0.3 is 0 Å². The smallest absolute Gasteiger partial charge is 0.237 e. The molecule has 2 amide bonds. The molecule has 1 aromatic carbocycles. The molecule has 1 rings (SSSR count). The lowest BCUT2D eigenvalue weighted by Gasteiger charge is -2.26. The number of primary amides is 1. The summed E-state index contributed by atoms with van der Waals surface area (Å²) in [5.41, 5.74) is 11.7. The summed E-state index contributed by atoms with van der Waals surface area (Å²) in [6.45, 7) is 0.367. The van der Waals surface area contributed by atoms with Crippen molar-refractivity contribution in [2.24, 2.45) is 11.5 Å². The molecular weight excluding hydrogens is 284 g/mol. The first-order chi connectivity index (χ1) is 10.3. The van der Waals surface area contributed by atoms with E-state index in [2.05, 4.69) is 5.32 Å². The minimum absolute atomic E-state index is 0.0418. The maximum absolute atomic E-state index is 11.9. The second kappa shape index (κ2) is 8.35. The predicted octanol–water partition coefficient (Wildman–Crippen LogP) is -0.383. The quantitative estimate of drug-likeness (QED) is 0.606. The summed E-state index contributed by atoms with van der Waals surface area (Å²) in [6, 6.07) is 6.66. The van der Waals surface area contributed by atoms with Crippen molar-refractivity contribution in [3.05, 3.63) is 29.8 Å². The van der Waals surface area contributed by atoms with E-state index in [-0.39, 0.29) is 12.5 Å². The monoisotopic (exact) mass is 308 g/mol. The molecule has 1 aromatic rings. The average Bonchev–Trinajstić information content (AvgIpc) is 2.46. The van der Waals surface area contributed by atoms with Crippen LogP contribution in [0.5, 0.6) is 5.75 Å². The standard InChI is InChI=1S/C15H24N4O3/c1-19(2)13(10-5-4-6-11(7-10)22-3)9-18-15(21)12(16)8-14(17)20/h4-7,12-13H,8-9,16H2,1-3H3,(H2,17,20)(H,18,21). The van der Waals surface area contributed by atoms with E-state index >= 15 is 0 Å². The highest BCUT2D eigenvalue weighted by atomic mass is 16.5. The number of carbonyl (C=O) groups excluding carboxylic acids is 2. The highest BCUT2D eigenvalue weighted by Crippen LogP contribution is 2.22. The topological polar surface area (TPSA) is 111 Å². The minimum Gasteiger partial charge on any atom is -0.497 e. The Labute approximate surface area is 130 Å². The molecule has 0 saturated carbocycles. The van der Waals surface area contributed by atoms with E-state index in [1.807, 2.05) is 43.3 Å². The number of likely N-dealkylation sites (N-methyl/N-ethyl adjacent to an activating group) is 1. The molecule has 0 aromatic heterocycles. The average molecular weight is 308 g/mol. The molecule has 0 heterocycles. The van der Waals surface area contributed by atoms with Crippen LogP contribution in [0.4, 0.5) is 0 Å². The summed E-state index contributed by atoms with van der Waals surface area (Å²) in [7, 11) is 5.44. The molecule has 0 radical (unpaired) electrons. The zero-order valence-corrected chi connectivity index (χ0v) is 13.2. The fourth-order valence-electron chi connectivity index (χ4n) is 2.09. The lowest BCUT2D eigenvalue weighted by atomic mass is 10.1. The summed E-state index contributed by atoms with van der Waals surface area (Å²) in [4.78, 5) is 24.6. The molecule has 7 heteroatoms. The first-order valence-corrected chi connectivity index (χ1v) is 6.97. The fraction of sp³-hybridized carbons (Fsp3) is 0.467. The lowest BCUT2D eigenvalue weighted by molar-refractivity contribution is -0.126. The molecule has 5 N–H and O–H groups in total. The highest BCUT2D eigenvalue weighted by Gasteiger charge is 2.19. The first kappa shape index (κ1) is 17.9. The predicted molar refractivity (Wildman–Crippen MR) is 84.2 cm³/mol. The Morgan fingerprint density at radius 3 is 2.59 bits per heavy atom. The van der Waals surface area contributed by atoms with Gasteiger partial charge < -0.3 is 26.4 Å². The summed E-state index contributed by atoms with van der Waals surface area (Å²) in [5, 5.41) is 2.75. The summed E-state index contributed by atoms with van der Waals surface area (Å²) >= 11 is 0. The second-order valence-corrected chi connectivity index (χ2v) is 5.28. The summed E-state index contributed by atoms with van der Waals surface area (Å²) < 4.78 is 5.22. The van der Waals surface area contributed by atoms with Crippen LogP contribution in [-0.2, 0) is 9.59 Å². The molecule has 122 valence electrons. The van der Waals surface area contributed by atoms with Crippen LogP contribution in [0, 0.1) is 0 Å². The van der Waals surface area contributed by atoms with Gasteiger partial charge in [0.2, 0.25) is 11.8 Å². The Bertz CT molecular complexity index is 519. The number of nitrogens with zero attached hydrogens (tertiary/aromatic N) is 1. The third kappa shape index (κ3) is 5.34. The number of nitrogens with one attached hydrogen (secondary N) is 1. The second-order valence-electron chi connectivity index (χ2n) is 5.28. The Balaban J connectivity index is 2.72. The highest BCUT2D eigenvalue weighted by molar-refractivity contribution is 5.87. The number of benzene rings is 1. The molecule has 0 saturated heterocycles. The van der Waals surface area contributed by atoms with Crippen molar-refractivity contribution in [3.8, 4) is 5.75 Å².